The van der Waals surface area contributed by atoms with Crippen LogP contribution in [0.25, 0.3) is 44.2 Å². The number of benzene rings is 4. The van der Waals surface area contributed by atoms with E-state index in [4.69, 9.17) is 9.15 Å². The summed E-state index contributed by atoms with van der Waals surface area (Å²) in [6.45, 7) is -0.0147. The molecule has 162 valence electrons. The molecule has 0 saturated carbocycles. The van der Waals surface area contributed by atoms with Crippen LogP contribution in [-0.4, -0.2) is 18.2 Å². The maximum atomic E-state index is 13.8. The third kappa shape index (κ3) is 3.58. The largest absolute Gasteiger partial charge is 0.478 e. The Hall–Kier alpha value is -4.22. The highest BCUT2D eigenvalue weighted by Gasteiger charge is 2.21. The first-order chi connectivity index (χ1) is 16.1. The van der Waals surface area contributed by atoms with Crippen molar-refractivity contribution in [2.24, 2.45) is 0 Å². The lowest BCUT2D eigenvalue weighted by atomic mass is 9.94. The second-order valence-electron chi connectivity index (χ2n) is 7.77. The smallest absolute Gasteiger partial charge is 0.336 e. The summed E-state index contributed by atoms with van der Waals surface area (Å²) in [5.74, 6) is -1.12. The van der Waals surface area contributed by atoms with Crippen molar-refractivity contribution in [3.8, 4) is 22.3 Å². The molecule has 5 rings (SSSR count). The standard InChI is InChI=1S/C28H20O5/c1-32-16-23-20(28(30)31)12-13-24-25(23)26(29)22-15-19(17-8-4-2-5-9-17)14-21(27(22)33-24)18-10-6-3-7-11-18/h2-15H,16H2,1H3,(H,30,31). The fourth-order valence-electron chi connectivity index (χ4n) is 4.24. The normalized spacial score (nSPS) is 11.2. The summed E-state index contributed by atoms with van der Waals surface area (Å²) in [6.07, 6.45) is 0. The lowest BCUT2D eigenvalue weighted by Crippen LogP contribution is -2.11. The van der Waals surface area contributed by atoms with E-state index in [2.05, 4.69) is 0 Å². The molecule has 0 radical (unpaired) electrons. The molecule has 5 nitrogen and oxygen atoms in total. The van der Waals surface area contributed by atoms with Crippen molar-refractivity contribution in [1.29, 1.82) is 0 Å². The number of carbonyl (C=O) groups is 1. The van der Waals surface area contributed by atoms with Gasteiger partial charge < -0.3 is 14.3 Å². The molecule has 0 amide bonds. The molecule has 5 aromatic rings. The molecule has 0 aliphatic carbocycles. The summed E-state index contributed by atoms with van der Waals surface area (Å²) >= 11 is 0. The minimum absolute atomic E-state index is 0.0147. The Kier molecular flexibility index (Phi) is 5.24. The number of hydrogen-bond acceptors (Lipinski definition) is 4. The first kappa shape index (κ1) is 20.7. The molecule has 33 heavy (non-hydrogen) atoms. The van der Waals surface area contributed by atoms with Gasteiger partial charge in [-0.2, -0.15) is 0 Å². The molecule has 1 N–H and O–H groups in total. The van der Waals surface area contributed by atoms with Crippen LogP contribution in [-0.2, 0) is 11.3 Å². The van der Waals surface area contributed by atoms with Gasteiger partial charge in [0.2, 0.25) is 5.43 Å². The van der Waals surface area contributed by atoms with Crippen LogP contribution in [0.15, 0.2) is 94.1 Å². The van der Waals surface area contributed by atoms with E-state index < -0.39 is 5.97 Å². The second kappa shape index (κ2) is 8.37. The fourth-order valence-corrected chi connectivity index (χ4v) is 4.24. The van der Waals surface area contributed by atoms with Gasteiger partial charge in [-0.3, -0.25) is 4.79 Å². The summed E-state index contributed by atoms with van der Waals surface area (Å²) in [7, 11) is 1.47. The fraction of sp³-hybridized carbons (Fsp3) is 0.0714. The van der Waals surface area contributed by atoms with Crippen molar-refractivity contribution in [2.75, 3.05) is 7.11 Å². The van der Waals surface area contributed by atoms with E-state index in [1.54, 1.807) is 6.07 Å². The summed E-state index contributed by atoms with van der Waals surface area (Å²) < 4.78 is 11.5. The second-order valence-corrected chi connectivity index (χ2v) is 7.77. The van der Waals surface area contributed by atoms with Gasteiger partial charge in [0.1, 0.15) is 11.2 Å². The molecule has 1 aromatic heterocycles. The Morgan fingerprint density at radius 3 is 2.18 bits per heavy atom. The van der Waals surface area contributed by atoms with Crippen LogP contribution >= 0.6 is 0 Å². The van der Waals surface area contributed by atoms with Gasteiger partial charge in [-0.1, -0.05) is 60.7 Å². The Morgan fingerprint density at radius 1 is 0.879 bits per heavy atom. The zero-order valence-corrected chi connectivity index (χ0v) is 17.9. The van der Waals surface area contributed by atoms with Crippen molar-refractivity contribution in [3.05, 3.63) is 106 Å². The van der Waals surface area contributed by atoms with Crippen LogP contribution in [0.4, 0.5) is 0 Å². The molecular weight excluding hydrogens is 416 g/mol. The minimum Gasteiger partial charge on any atom is -0.478 e. The average Bonchev–Trinajstić information content (AvgIpc) is 2.85. The van der Waals surface area contributed by atoms with Crippen molar-refractivity contribution in [2.45, 2.75) is 6.61 Å². The van der Waals surface area contributed by atoms with E-state index in [1.165, 1.54) is 13.2 Å². The Balaban J connectivity index is 1.94. The molecule has 0 unspecified atom stereocenters. The van der Waals surface area contributed by atoms with Gasteiger partial charge in [0.25, 0.3) is 0 Å². The number of carboxylic acids is 1. The van der Waals surface area contributed by atoms with Gasteiger partial charge in [-0.25, -0.2) is 4.79 Å². The van der Waals surface area contributed by atoms with Gasteiger partial charge in [0, 0.05) is 18.2 Å². The number of fused-ring (bicyclic) bond motifs is 2. The van der Waals surface area contributed by atoms with Crippen molar-refractivity contribution >= 4 is 27.9 Å². The number of rotatable bonds is 5. The topological polar surface area (TPSA) is 76.7 Å². The van der Waals surface area contributed by atoms with Crippen molar-refractivity contribution in [1.82, 2.24) is 0 Å². The quantitative estimate of drug-likeness (QED) is 0.336. The Morgan fingerprint density at radius 2 is 1.55 bits per heavy atom. The van der Waals surface area contributed by atoms with Gasteiger partial charge >= 0.3 is 5.97 Å². The lowest BCUT2D eigenvalue weighted by Gasteiger charge is -2.13. The molecule has 0 spiro atoms. The molecule has 0 aliphatic heterocycles. The molecule has 0 aliphatic rings. The maximum absolute atomic E-state index is 13.8. The summed E-state index contributed by atoms with van der Waals surface area (Å²) in [5.41, 5.74) is 4.39. The summed E-state index contributed by atoms with van der Waals surface area (Å²) in [5, 5.41) is 10.3. The van der Waals surface area contributed by atoms with Crippen molar-refractivity contribution in [3.63, 3.8) is 0 Å². The molecular formula is C28H20O5. The summed E-state index contributed by atoms with van der Waals surface area (Å²) in [4.78, 5) is 25.6. The van der Waals surface area contributed by atoms with Gasteiger partial charge in [-0.05, 0) is 41.0 Å². The van der Waals surface area contributed by atoms with E-state index in [-0.39, 0.29) is 23.0 Å². The van der Waals surface area contributed by atoms with Gasteiger partial charge in [0.05, 0.1) is 22.9 Å². The SMILES string of the molecule is COCc1c(C(=O)O)ccc2oc3c(-c4ccccc4)cc(-c4ccccc4)cc3c(=O)c12. The van der Waals surface area contributed by atoms with Crippen LogP contribution < -0.4 is 5.43 Å². The number of hydrogen-bond donors (Lipinski definition) is 1. The minimum atomic E-state index is -1.12. The number of ether oxygens (including phenoxy) is 1. The highest BCUT2D eigenvalue weighted by Crippen LogP contribution is 2.35. The number of aromatic carboxylic acids is 1. The predicted molar refractivity (Wildman–Crippen MR) is 129 cm³/mol. The maximum Gasteiger partial charge on any atom is 0.336 e. The Labute approximate surface area is 189 Å². The van der Waals surface area contributed by atoms with Crippen LogP contribution in [0.5, 0.6) is 0 Å². The molecule has 0 bridgehead atoms. The highest BCUT2D eigenvalue weighted by atomic mass is 16.5. The lowest BCUT2D eigenvalue weighted by molar-refractivity contribution is 0.0692. The predicted octanol–water partition coefficient (Wildman–Crippen LogP) is 6.12. The van der Waals surface area contributed by atoms with Crippen LogP contribution in [0.3, 0.4) is 0 Å². The van der Waals surface area contributed by atoms with Crippen molar-refractivity contribution < 1.29 is 19.1 Å². The van der Waals surface area contributed by atoms with Crippen LogP contribution in [0, 0.1) is 0 Å². The van der Waals surface area contributed by atoms with E-state index >= 15 is 0 Å². The third-order valence-corrected chi connectivity index (χ3v) is 5.76. The first-order valence-corrected chi connectivity index (χ1v) is 10.5. The summed E-state index contributed by atoms with van der Waals surface area (Å²) in [6, 6.07) is 26.4. The van der Waals surface area contributed by atoms with E-state index in [1.807, 2.05) is 72.8 Å². The highest BCUT2D eigenvalue weighted by molar-refractivity contribution is 6.03. The Bertz CT molecular complexity index is 1550. The molecule has 0 fully saturated rings. The van der Waals surface area contributed by atoms with E-state index in [0.717, 1.165) is 22.3 Å². The zero-order valence-electron chi connectivity index (χ0n) is 17.9. The van der Waals surface area contributed by atoms with Crippen LogP contribution in [0.2, 0.25) is 0 Å². The van der Waals surface area contributed by atoms with Gasteiger partial charge in [0.15, 0.2) is 0 Å². The number of carboxylic acid groups (broad SMARTS) is 1. The van der Waals surface area contributed by atoms with E-state index in [0.29, 0.717) is 22.1 Å². The zero-order chi connectivity index (χ0) is 22.9. The monoisotopic (exact) mass is 436 g/mol. The first-order valence-electron chi connectivity index (χ1n) is 10.5. The molecule has 5 heteroatoms. The van der Waals surface area contributed by atoms with Crippen LogP contribution in [0.1, 0.15) is 15.9 Å². The molecule has 4 aromatic carbocycles. The molecule has 0 atom stereocenters. The van der Waals surface area contributed by atoms with E-state index in [9.17, 15) is 14.7 Å². The average molecular weight is 436 g/mol. The number of methoxy groups -OCH3 is 1. The molecule has 0 saturated heterocycles. The third-order valence-electron chi connectivity index (χ3n) is 5.76. The molecule has 1 heterocycles. The van der Waals surface area contributed by atoms with Gasteiger partial charge in [-0.15, -0.1) is 0 Å².